The Labute approximate surface area is 160 Å². The summed E-state index contributed by atoms with van der Waals surface area (Å²) < 4.78 is 13.7. The summed E-state index contributed by atoms with van der Waals surface area (Å²) in [6, 6.07) is 6.52. The maximum atomic E-state index is 13.7. The molecule has 6 N–H and O–H groups in total. The SMILES string of the molecule is NCCNc1cc(F)cc(NC(=O)Nc2cc(Cl)cc(Cl)c2CCO)c1. The Morgan fingerprint density at radius 3 is 2.54 bits per heavy atom. The molecule has 0 heterocycles. The van der Waals surface area contributed by atoms with Gasteiger partial charge in [0.1, 0.15) is 5.82 Å². The number of halogens is 3. The minimum absolute atomic E-state index is 0.141. The summed E-state index contributed by atoms with van der Waals surface area (Å²) in [5.41, 5.74) is 7.09. The molecule has 0 aromatic heterocycles. The molecular weight excluding hydrogens is 382 g/mol. The van der Waals surface area contributed by atoms with E-state index in [1.54, 1.807) is 6.07 Å². The van der Waals surface area contributed by atoms with E-state index >= 15 is 0 Å². The van der Waals surface area contributed by atoms with Crippen LogP contribution < -0.4 is 21.7 Å². The Morgan fingerprint density at radius 1 is 1.12 bits per heavy atom. The Hall–Kier alpha value is -2.06. The van der Waals surface area contributed by atoms with Gasteiger partial charge < -0.3 is 26.8 Å². The van der Waals surface area contributed by atoms with Crippen LogP contribution in [0.3, 0.4) is 0 Å². The molecule has 0 fully saturated rings. The van der Waals surface area contributed by atoms with Crippen molar-refractivity contribution in [3.8, 4) is 0 Å². The molecule has 0 atom stereocenters. The Balaban J connectivity index is 2.15. The van der Waals surface area contributed by atoms with E-state index in [0.717, 1.165) is 0 Å². The number of urea groups is 1. The summed E-state index contributed by atoms with van der Waals surface area (Å²) in [4.78, 5) is 12.3. The molecule has 26 heavy (non-hydrogen) atoms. The summed E-state index contributed by atoms with van der Waals surface area (Å²) >= 11 is 12.1. The molecule has 0 unspecified atom stereocenters. The fraction of sp³-hybridized carbons (Fsp3) is 0.235. The molecule has 0 saturated heterocycles. The van der Waals surface area contributed by atoms with Crippen LogP contribution in [0.2, 0.25) is 10.0 Å². The fourth-order valence-electron chi connectivity index (χ4n) is 2.35. The van der Waals surface area contributed by atoms with Crippen LogP contribution in [0.5, 0.6) is 0 Å². The van der Waals surface area contributed by atoms with Crippen molar-refractivity contribution in [1.82, 2.24) is 0 Å². The van der Waals surface area contributed by atoms with E-state index in [0.29, 0.717) is 40.1 Å². The molecule has 2 amide bonds. The van der Waals surface area contributed by atoms with E-state index in [1.165, 1.54) is 24.3 Å². The van der Waals surface area contributed by atoms with Crippen LogP contribution >= 0.6 is 23.2 Å². The number of carbonyl (C=O) groups is 1. The first-order valence-electron chi connectivity index (χ1n) is 7.84. The molecule has 0 saturated carbocycles. The number of hydrogen-bond acceptors (Lipinski definition) is 4. The molecule has 6 nitrogen and oxygen atoms in total. The largest absolute Gasteiger partial charge is 0.396 e. The van der Waals surface area contributed by atoms with Crippen LogP contribution in [0, 0.1) is 5.82 Å². The lowest BCUT2D eigenvalue weighted by Crippen LogP contribution is -2.21. The minimum Gasteiger partial charge on any atom is -0.396 e. The third-order valence-corrected chi connectivity index (χ3v) is 3.95. The summed E-state index contributed by atoms with van der Waals surface area (Å²) in [6.45, 7) is 0.723. The fourth-order valence-corrected chi connectivity index (χ4v) is 2.93. The molecule has 2 aromatic carbocycles. The first-order valence-corrected chi connectivity index (χ1v) is 8.60. The predicted molar refractivity (Wildman–Crippen MR) is 104 cm³/mol. The summed E-state index contributed by atoms with van der Waals surface area (Å²) in [6.07, 6.45) is 0.249. The molecule has 9 heteroatoms. The second-order valence-corrected chi connectivity index (χ2v) is 6.25. The van der Waals surface area contributed by atoms with Crippen molar-refractivity contribution < 1.29 is 14.3 Å². The molecule has 0 aliphatic rings. The van der Waals surface area contributed by atoms with Crippen molar-refractivity contribution in [3.05, 3.63) is 51.8 Å². The molecule has 2 aromatic rings. The highest BCUT2D eigenvalue weighted by atomic mass is 35.5. The molecule has 0 spiro atoms. The molecule has 0 radical (unpaired) electrons. The van der Waals surface area contributed by atoms with Gasteiger partial charge in [0.05, 0.1) is 0 Å². The third kappa shape index (κ3) is 5.74. The monoisotopic (exact) mass is 400 g/mol. The zero-order valence-electron chi connectivity index (χ0n) is 13.8. The van der Waals surface area contributed by atoms with Crippen molar-refractivity contribution in [2.75, 3.05) is 35.6 Å². The van der Waals surface area contributed by atoms with Gasteiger partial charge in [-0.2, -0.15) is 0 Å². The molecular formula is C17H19Cl2FN4O2. The number of amides is 2. The topological polar surface area (TPSA) is 99.4 Å². The highest BCUT2D eigenvalue weighted by Gasteiger charge is 2.12. The van der Waals surface area contributed by atoms with E-state index < -0.39 is 11.8 Å². The lowest BCUT2D eigenvalue weighted by atomic mass is 10.1. The second-order valence-electron chi connectivity index (χ2n) is 5.41. The first kappa shape index (κ1) is 20.3. The maximum Gasteiger partial charge on any atom is 0.323 e. The Bertz CT molecular complexity index is 790. The zero-order chi connectivity index (χ0) is 19.1. The van der Waals surface area contributed by atoms with Crippen LogP contribution in [0.15, 0.2) is 30.3 Å². The third-order valence-electron chi connectivity index (χ3n) is 3.40. The number of carbonyl (C=O) groups excluding carboxylic acids is 1. The van der Waals surface area contributed by atoms with Gasteiger partial charge in [-0.15, -0.1) is 0 Å². The highest BCUT2D eigenvalue weighted by Crippen LogP contribution is 2.30. The lowest BCUT2D eigenvalue weighted by Gasteiger charge is -2.14. The first-order chi connectivity index (χ1) is 12.4. The quantitative estimate of drug-likeness (QED) is 0.489. The van der Waals surface area contributed by atoms with Crippen LogP contribution in [0.4, 0.5) is 26.2 Å². The van der Waals surface area contributed by atoms with Crippen molar-refractivity contribution >= 4 is 46.3 Å². The van der Waals surface area contributed by atoms with Gasteiger partial charge in [-0.1, -0.05) is 23.2 Å². The van der Waals surface area contributed by atoms with Gasteiger partial charge in [0.25, 0.3) is 0 Å². The zero-order valence-corrected chi connectivity index (χ0v) is 15.3. The number of benzene rings is 2. The number of aliphatic hydroxyl groups is 1. The van der Waals surface area contributed by atoms with Crippen LogP contribution in [-0.4, -0.2) is 30.8 Å². The average molecular weight is 401 g/mol. The smallest absolute Gasteiger partial charge is 0.323 e. The summed E-state index contributed by atoms with van der Waals surface area (Å²) in [7, 11) is 0. The van der Waals surface area contributed by atoms with Crippen molar-refractivity contribution in [2.24, 2.45) is 5.73 Å². The lowest BCUT2D eigenvalue weighted by molar-refractivity contribution is 0.262. The van der Waals surface area contributed by atoms with Crippen molar-refractivity contribution in [1.29, 1.82) is 0 Å². The normalized spacial score (nSPS) is 10.5. The number of rotatable bonds is 7. The van der Waals surface area contributed by atoms with Gasteiger partial charge in [-0.05, 0) is 42.3 Å². The summed E-state index contributed by atoms with van der Waals surface area (Å²) in [5, 5.41) is 17.9. The van der Waals surface area contributed by atoms with Gasteiger partial charge in [0.2, 0.25) is 0 Å². The van der Waals surface area contributed by atoms with E-state index in [4.69, 9.17) is 34.0 Å². The average Bonchev–Trinajstić information content (AvgIpc) is 2.55. The maximum absolute atomic E-state index is 13.7. The van der Waals surface area contributed by atoms with Crippen molar-refractivity contribution in [3.63, 3.8) is 0 Å². The van der Waals surface area contributed by atoms with E-state index in [2.05, 4.69) is 16.0 Å². The van der Waals surface area contributed by atoms with Gasteiger partial charge in [-0.3, -0.25) is 0 Å². The van der Waals surface area contributed by atoms with E-state index in [9.17, 15) is 9.18 Å². The van der Waals surface area contributed by atoms with Gasteiger partial charge >= 0.3 is 6.03 Å². The number of anilines is 3. The van der Waals surface area contributed by atoms with E-state index in [1.807, 2.05) is 0 Å². The molecule has 0 aliphatic heterocycles. The van der Waals surface area contributed by atoms with Crippen LogP contribution in [0.1, 0.15) is 5.56 Å². The van der Waals surface area contributed by atoms with Gasteiger partial charge in [0, 0.05) is 46.8 Å². The second kappa shape index (κ2) is 9.59. The van der Waals surface area contributed by atoms with E-state index in [-0.39, 0.29) is 18.7 Å². The van der Waals surface area contributed by atoms with Crippen molar-refractivity contribution in [2.45, 2.75) is 6.42 Å². The molecule has 0 aliphatic carbocycles. The number of hydrogen-bond donors (Lipinski definition) is 5. The van der Waals surface area contributed by atoms with Crippen LogP contribution in [0.25, 0.3) is 0 Å². The number of nitrogens with one attached hydrogen (secondary N) is 3. The molecule has 2 rings (SSSR count). The Morgan fingerprint density at radius 2 is 1.85 bits per heavy atom. The van der Waals surface area contributed by atoms with Crippen LogP contribution in [-0.2, 0) is 6.42 Å². The predicted octanol–water partition coefficient (Wildman–Crippen LogP) is 3.68. The van der Waals surface area contributed by atoms with Gasteiger partial charge in [-0.25, -0.2) is 9.18 Å². The minimum atomic E-state index is -0.599. The standard InChI is InChI=1S/C17H19Cl2FN4O2/c18-10-5-15(19)14(1-4-25)16(6-10)24-17(26)23-13-8-11(20)7-12(9-13)22-3-2-21/h5-9,22,25H,1-4,21H2,(H2,23,24,26). The Kier molecular flexibility index (Phi) is 7.47. The van der Waals surface area contributed by atoms with Gasteiger partial charge in [0.15, 0.2) is 0 Å². The molecule has 0 bridgehead atoms. The number of nitrogens with two attached hydrogens (primary N) is 1. The highest BCUT2D eigenvalue weighted by molar-refractivity contribution is 6.35. The molecule has 140 valence electrons. The summed E-state index contributed by atoms with van der Waals surface area (Å²) in [5.74, 6) is -0.505. The number of aliphatic hydroxyl groups excluding tert-OH is 1.